The van der Waals surface area contributed by atoms with Crippen LogP contribution in [0.1, 0.15) is 57.1 Å². The van der Waals surface area contributed by atoms with Crippen LogP contribution in [0.2, 0.25) is 0 Å². The third-order valence-electron chi connectivity index (χ3n) is 3.68. The molecule has 0 radical (unpaired) electrons. The number of hydrogen-bond donors (Lipinski definition) is 1. The molecule has 0 heterocycles. The van der Waals surface area contributed by atoms with E-state index in [0.29, 0.717) is 6.04 Å². The van der Waals surface area contributed by atoms with Gasteiger partial charge in [0, 0.05) is 6.04 Å². The summed E-state index contributed by atoms with van der Waals surface area (Å²) in [6.45, 7) is 4.47. The number of unbranched alkanes of at least 4 members (excludes halogenated alkanes) is 2. The molecule has 0 bridgehead atoms. The van der Waals surface area contributed by atoms with Gasteiger partial charge in [0.1, 0.15) is 0 Å². The molecule has 1 heteroatoms. The predicted octanol–water partition coefficient (Wildman–Crippen LogP) is 4.82. The van der Waals surface area contributed by atoms with Gasteiger partial charge < -0.3 is 5.32 Å². The molecule has 0 aliphatic carbocycles. The van der Waals surface area contributed by atoms with Gasteiger partial charge in [0.25, 0.3) is 0 Å². The van der Waals surface area contributed by atoms with Crippen LogP contribution < -0.4 is 5.32 Å². The summed E-state index contributed by atoms with van der Waals surface area (Å²) in [7, 11) is 2.03. The lowest BCUT2D eigenvalue weighted by Crippen LogP contribution is -2.22. The molecule has 0 aromatic heterocycles. The largest absolute Gasteiger partial charge is 0.317 e. The summed E-state index contributed by atoms with van der Waals surface area (Å²) in [5, 5.41) is 3.32. The van der Waals surface area contributed by atoms with Crippen molar-refractivity contribution in [2.24, 2.45) is 0 Å². The van der Waals surface area contributed by atoms with Crippen LogP contribution in [0.4, 0.5) is 0 Å². The molecule has 19 heavy (non-hydrogen) atoms. The topological polar surface area (TPSA) is 12.0 Å². The van der Waals surface area contributed by atoms with Crippen LogP contribution in [-0.2, 0) is 6.42 Å². The SMILES string of the molecule is CCCCCc1ccc(/C=C/CC(CC)NC)cc1. The Morgan fingerprint density at radius 2 is 1.84 bits per heavy atom. The lowest BCUT2D eigenvalue weighted by atomic mass is 10.0. The molecule has 1 aromatic carbocycles. The van der Waals surface area contributed by atoms with Gasteiger partial charge in [-0.15, -0.1) is 0 Å². The van der Waals surface area contributed by atoms with E-state index in [-0.39, 0.29) is 0 Å². The maximum absolute atomic E-state index is 3.32. The molecule has 0 spiro atoms. The van der Waals surface area contributed by atoms with E-state index < -0.39 is 0 Å². The van der Waals surface area contributed by atoms with Crippen molar-refractivity contribution in [3.8, 4) is 0 Å². The summed E-state index contributed by atoms with van der Waals surface area (Å²) >= 11 is 0. The molecule has 1 atom stereocenters. The highest BCUT2D eigenvalue weighted by Crippen LogP contribution is 2.10. The van der Waals surface area contributed by atoms with E-state index in [1.54, 1.807) is 0 Å². The van der Waals surface area contributed by atoms with Crippen LogP contribution in [0.15, 0.2) is 30.3 Å². The quantitative estimate of drug-likeness (QED) is 0.627. The molecular weight excluding hydrogens is 230 g/mol. The Morgan fingerprint density at radius 3 is 2.42 bits per heavy atom. The second kappa shape index (κ2) is 9.80. The maximum Gasteiger partial charge on any atom is 0.00960 e. The molecule has 1 aromatic rings. The Labute approximate surface area is 119 Å². The Bertz CT molecular complexity index is 346. The molecule has 0 saturated carbocycles. The van der Waals surface area contributed by atoms with Crippen LogP contribution in [-0.4, -0.2) is 13.1 Å². The van der Waals surface area contributed by atoms with Crippen molar-refractivity contribution in [2.75, 3.05) is 7.05 Å². The summed E-state index contributed by atoms with van der Waals surface area (Å²) in [6.07, 6.45) is 11.9. The lowest BCUT2D eigenvalue weighted by molar-refractivity contribution is 0.553. The van der Waals surface area contributed by atoms with Crippen LogP contribution in [0.25, 0.3) is 6.08 Å². The van der Waals surface area contributed by atoms with E-state index in [4.69, 9.17) is 0 Å². The van der Waals surface area contributed by atoms with Crippen molar-refractivity contribution in [3.05, 3.63) is 41.5 Å². The summed E-state index contributed by atoms with van der Waals surface area (Å²) in [4.78, 5) is 0. The number of aryl methyl sites for hydroxylation is 1. The van der Waals surface area contributed by atoms with Gasteiger partial charge in [0.2, 0.25) is 0 Å². The minimum absolute atomic E-state index is 0.601. The molecule has 1 N–H and O–H groups in total. The first-order valence-electron chi connectivity index (χ1n) is 7.72. The summed E-state index contributed by atoms with van der Waals surface area (Å²) < 4.78 is 0. The van der Waals surface area contributed by atoms with Crippen molar-refractivity contribution < 1.29 is 0 Å². The normalized spacial score (nSPS) is 13.0. The van der Waals surface area contributed by atoms with Gasteiger partial charge in [0.05, 0.1) is 0 Å². The number of hydrogen-bond acceptors (Lipinski definition) is 1. The highest BCUT2D eigenvalue weighted by molar-refractivity contribution is 5.49. The zero-order chi connectivity index (χ0) is 13.9. The van der Waals surface area contributed by atoms with E-state index in [0.717, 1.165) is 6.42 Å². The van der Waals surface area contributed by atoms with Gasteiger partial charge in [-0.2, -0.15) is 0 Å². The molecule has 0 amide bonds. The number of rotatable bonds is 9. The smallest absolute Gasteiger partial charge is 0.00960 e. The van der Waals surface area contributed by atoms with E-state index in [2.05, 4.69) is 55.6 Å². The van der Waals surface area contributed by atoms with E-state index in [1.807, 2.05) is 7.05 Å². The third-order valence-corrected chi connectivity index (χ3v) is 3.68. The van der Waals surface area contributed by atoms with Gasteiger partial charge >= 0.3 is 0 Å². The maximum atomic E-state index is 3.32. The highest BCUT2D eigenvalue weighted by atomic mass is 14.9. The number of benzene rings is 1. The Balaban J connectivity index is 2.41. The van der Waals surface area contributed by atoms with Gasteiger partial charge in [-0.25, -0.2) is 0 Å². The first kappa shape index (κ1) is 16.0. The fraction of sp³-hybridized carbons (Fsp3) is 0.556. The van der Waals surface area contributed by atoms with E-state index >= 15 is 0 Å². The molecule has 0 aliphatic heterocycles. The molecule has 1 unspecified atom stereocenters. The van der Waals surface area contributed by atoms with E-state index in [9.17, 15) is 0 Å². The molecule has 0 aliphatic rings. The van der Waals surface area contributed by atoms with Crippen molar-refractivity contribution in [2.45, 2.75) is 58.4 Å². The van der Waals surface area contributed by atoms with Crippen LogP contribution >= 0.6 is 0 Å². The Hall–Kier alpha value is -1.08. The lowest BCUT2D eigenvalue weighted by Gasteiger charge is -2.09. The highest BCUT2D eigenvalue weighted by Gasteiger charge is 1.98. The van der Waals surface area contributed by atoms with E-state index in [1.165, 1.54) is 43.2 Å². The molecule has 1 rings (SSSR count). The average Bonchev–Trinajstić information content (AvgIpc) is 2.45. The van der Waals surface area contributed by atoms with Crippen molar-refractivity contribution >= 4 is 6.08 Å². The van der Waals surface area contributed by atoms with Crippen molar-refractivity contribution in [1.82, 2.24) is 5.32 Å². The fourth-order valence-corrected chi connectivity index (χ4v) is 2.23. The second-order valence-corrected chi connectivity index (χ2v) is 5.23. The molecule has 0 saturated heterocycles. The average molecular weight is 259 g/mol. The minimum atomic E-state index is 0.601. The zero-order valence-electron chi connectivity index (χ0n) is 12.8. The Morgan fingerprint density at radius 1 is 1.11 bits per heavy atom. The summed E-state index contributed by atoms with van der Waals surface area (Å²) in [6, 6.07) is 9.61. The van der Waals surface area contributed by atoms with Crippen molar-refractivity contribution in [3.63, 3.8) is 0 Å². The van der Waals surface area contributed by atoms with Crippen LogP contribution in [0.5, 0.6) is 0 Å². The zero-order valence-corrected chi connectivity index (χ0v) is 12.8. The van der Waals surface area contributed by atoms with Crippen LogP contribution in [0.3, 0.4) is 0 Å². The minimum Gasteiger partial charge on any atom is -0.317 e. The molecule has 1 nitrogen and oxygen atoms in total. The van der Waals surface area contributed by atoms with Gasteiger partial charge in [-0.1, -0.05) is 63.1 Å². The van der Waals surface area contributed by atoms with Crippen molar-refractivity contribution in [1.29, 1.82) is 0 Å². The fourth-order valence-electron chi connectivity index (χ4n) is 2.23. The molecule has 0 fully saturated rings. The second-order valence-electron chi connectivity index (χ2n) is 5.23. The first-order valence-corrected chi connectivity index (χ1v) is 7.72. The van der Waals surface area contributed by atoms with Gasteiger partial charge in [0.15, 0.2) is 0 Å². The van der Waals surface area contributed by atoms with Gasteiger partial charge in [-0.3, -0.25) is 0 Å². The third kappa shape index (κ3) is 6.58. The first-order chi connectivity index (χ1) is 9.30. The molecular formula is C18H29N. The summed E-state index contributed by atoms with van der Waals surface area (Å²) in [5.74, 6) is 0. The Kier molecular flexibility index (Phi) is 8.24. The van der Waals surface area contributed by atoms with Crippen LogP contribution in [0, 0.1) is 0 Å². The summed E-state index contributed by atoms with van der Waals surface area (Å²) in [5.41, 5.74) is 2.78. The standard InChI is InChI=1S/C18H29N/c1-4-6-7-9-16-12-14-17(15-13-16)10-8-11-18(5-2)19-3/h8,10,12-15,18-19H,4-7,9,11H2,1-3H3/b10-8+. The molecule has 106 valence electrons. The van der Waals surface area contributed by atoms with Gasteiger partial charge in [-0.05, 0) is 43.9 Å². The number of nitrogens with one attached hydrogen (secondary N) is 1. The predicted molar refractivity (Wildman–Crippen MR) is 86.5 cm³/mol. The monoisotopic (exact) mass is 259 g/mol.